The molecule has 0 aromatic heterocycles. The van der Waals surface area contributed by atoms with Crippen LogP contribution in [0.4, 0.5) is 14.9 Å². The molecule has 1 N–H and O–H groups in total. The molecule has 1 aliphatic rings. The zero-order valence-corrected chi connectivity index (χ0v) is 12.5. The number of nitrogens with one attached hydrogen (secondary N) is 1. The highest BCUT2D eigenvalue weighted by molar-refractivity contribution is 5.81. The van der Waals surface area contributed by atoms with Gasteiger partial charge in [-0.3, -0.25) is 4.79 Å². The summed E-state index contributed by atoms with van der Waals surface area (Å²) in [6.45, 7) is 3.93. The van der Waals surface area contributed by atoms with Crippen molar-refractivity contribution >= 4 is 17.7 Å². The van der Waals surface area contributed by atoms with E-state index in [1.807, 2.05) is 0 Å². The smallest absolute Gasteiger partial charge is 0.409 e. The molecule has 0 saturated carbocycles. The Balaban J connectivity index is 1.78. The minimum atomic E-state index is -0.387. The first-order valence-corrected chi connectivity index (χ1v) is 7.29. The molecule has 1 saturated heterocycles. The number of amides is 2. The molecule has 22 heavy (non-hydrogen) atoms. The fourth-order valence-corrected chi connectivity index (χ4v) is 2.24. The number of rotatable bonds is 4. The van der Waals surface area contributed by atoms with Gasteiger partial charge in [0.05, 0.1) is 18.8 Å². The highest BCUT2D eigenvalue weighted by Gasteiger charge is 2.24. The number of carbonyl (C=O) groups excluding carboxylic acids is 2. The van der Waals surface area contributed by atoms with Crippen molar-refractivity contribution in [3.63, 3.8) is 0 Å². The first-order chi connectivity index (χ1) is 10.6. The van der Waals surface area contributed by atoms with Gasteiger partial charge in [0, 0.05) is 26.2 Å². The molecule has 7 heteroatoms. The zero-order chi connectivity index (χ0) is 15.9. The second-order valence-corrected chi connectivity index (χ2v) is 4.90. The minimum Gasteiger partial charge on any atom is -0.450 e. The van der Waals surface area contributed by atoms with Gasteiger partial charge in [0.15, 0.2) is 0 Å². The van der Waals surface area contributed by atoms with Crippen molar-refractivity contribution in [2.24, 2.45) is 0 Å². The highest BCUT2D eigenvalue weighted by atomic mass is 19.1. The fourth-order valence-electron chi connectivity index (χ4n) is 2.24. The van der Waals surface area contributed by atoms with Crippen LogP contribution < -0.4 is 5.32 Å². The Kier molecular flexibility index (Phi) is 5.57. The van der Waals surface area contributed by atoms with Crippen LogP contribution in [0.5, 0.6) is 0 Å². The van der Waals surface area contributed by atoms with Gasteiger partial charge < -0.3 is 19.9 Å². The molecule has 1 aromatic rings. The Morgan fingerprint density at radius 3 is 2.45 bits per heavy atom. The van der Waals surface area contributed by atoms with E-state index in [-0.39, 0.29) is 24.4 Å². The molecule has 2 amide bonds. The molecule has 0 bridgehead atoms. The molecule has 1 aliphatic heterocycles. The third kappa shape index (κ3) is 4.09. The Hall–Kier alpha value is -2.31. The van der Waals surface area contributed by atoms with Gasteiger partial charge in [0.2, 0.25) is 5.91 Å². The second kappa shape index (κ2) is 7.63. The summed E-state index contributed by atoms with van der Waals surface area (Å²) in [5.74, 6) is -0.505. The average molecular weight is 309 g/mol. The van der Waals surface area contributed by atoms with Crippen LogP contribution in [0.15, 0.2) is 24.3 Å². The molecule has 0 radical (unpaired) electrons. The standard InChI is InChI=1S/C15H20FN3O3/c1-2-22-15(21)19-9-7-18(8-10-19)14(20)11-17-13-6-4-3-5-12(13)16/h3-6,17H,2,7-11H2,1H3. The van der Waals surface area contributed by atoms with E-state index in [0.29, 0.717) is 38.5 Å². The number of benzene rings is 1. The molecule has 1 aromatic carbocycles. The fraction of sp³-hybridized carbons (Fsp3) is 0.467. The molecule has 2 rings (SSSR count). The van der Waals surface area contributed by atoms with Gasteiger partial charge in [-0.15, -0.1) is 0 Å². The number of hydrogen-bond donors (Lipinski definition) is 1. The predicted molar refractivity (Wildman–Crippen MR) is 80.1 cm³/mol. The molecule has 0 spiro atoms. The Labute approximate surface area is 128 Å². The van der Waals surface area contributed by atoms with E-state index in [1.165, 1.54) is 6.07 Å². The van der Waals surface area contributed by atoms with E-state index in [1.54, 1.807) is 34.9 Å². The summed E-state index contributed by atoms with van der Waals surface area (Å²) in [6.07, 6.45) is -0.348. The summed E-state index contributed by atoms with van der Waals surface area (Å²) in [4.78, 5) is 26.9. The van der Waals surface area contributed by atoms with E-state index >= 15 is 0 Å². The molecular weight excluding hydrogens is 289 g/mol. The lowest BCUT2D eigenvalue weighted by Gasteiger charge is -2.34. The summed E-state index contributed by atoms with van der Waals surface area (Å²) in [7, 11) is 0. The van der Waals surface area contributed by atoms with Crippen LogP contribution in [-0.2, 0) is 9.53 Å². The summed E-state index contributed by atoms with van der Waals surface area (Å²) in [6, 6.07) is 6.22. The van der Waals surface area contributed by atoms with Crippen LogP contribution in [0, 0.1) is 5.82 Å². The third-order valence-electron chi connectivity index (χ3n) is 3.46. The first-order valence-electron chi connectivity index (χ1n) is 7.29. The van der Waals surface area contributed by atoms with E-state index in [4.69, 9.17) is 4.74 Å². The summed E-state index contributed by atoms with van der Waals surface area (Å²) >= 11 is 0. The lowest BCUT2D eigenvalue weighted by Crippen LogP contribution is -2.51. The number of anilines is 1. The minimum absolute atomic E-state index is 0.0281. The van der Waals surface area contributed by atoms with Crippen molar-refractivity contribution in [3.8, 4) is 0 Å². The van der Waals surface area contributed by atoms with Crippen molar-refractivity contribution in [3.05, 3.63) is 30.1 Å². The van der Waals surface area contributed by atoms with Crippen molar-refractivity contribution in [1.82, 2.24) is 9.80 Å². The van der Waals surface area contributed by atoms with Gasteiger partial charge in [-0.05, 0) is 19.1 Å². The summed E-state index contributed by atoms with van der Waals surface area (Å²) in [5, 5.41) is 2.79. The average Bonchev–Trinajstić information content (AvgIpc) is 2.54. The zero-order valence-electron chi connectivity index (χ0n) is 12.5. The van der Waals surface area contributed by atoms with E-state index in [2.05, 4.69) is 5.32 Å². The molecule has 1 heterocycles. The van der Waals surface area contributed by atoms with Gasteiger partial charge in [-0.2, -0.15) is 0 Å². The van der Waals surface area contributed by atoms with Gasteiger partial charge in [0.1, 0.15) is 5.82 Å². The molecule has 0 aliphatic carbocycles. The van der Waals surface area contributed by atoms with Gasteiger partial charge >= 0.3 is 6.09 Å². The topological polar surface area (TPSA) is 61.9 Å². The van der Waals surface area contributed by atoms with Crippen LogP contribution >= 0.6 is 0 Å². The van der Waals surface area contributed by atoms with Gasteiger partial charge in [0.25, 0.3) is 0 Å². The molecule has 6 nitrogen and oxygen atoms in total. The van der Waals surface area contributed by atoms with E-state index < -0.39 is 0 Å². The second-order valence-electron chi connectivity index (χ2n) is 4.90. The van der Waals surface area contributed by atoms with Gasteiger partial charge in [-0.25, -0.2) is 9.18 Å². The molecular formula is C15H20FN3O3. The lowest BCUT2D eigenvalue weighted by atomic mass is 10.3. The quantitative estimate of drug-likeness (QED) is 0.916. The highest BCUT2D eigenvalue weighted by Crippen LogP contribution is 2.12. The summed E-state index contributed by atoms with van der Waals surface area (Å²) in [5.41, 5.74) is 0.306. The molecule has 1 fully saturated rings. The maximum absolute atomic E-state index is 13.4. The van der Waals surface area contributed by atoms with Crippen LogP contribution in [0.3, 0.4) is 0 Å². The molecule has 0 atom stereocenters. The molecule has 120 valence electrons. The maximum Gasteiger partial charge on any atom is 0.409 e. The Morgan fingerprint density at radius 2 is 1.82 bits per heavy atom. The van der Waals surface area contributed by atoms with Crippen molar-refractivity contribution in [1.29, 1.82) is 0 Å². The van der Waals surface area contributed by atoms with E-state index in [0.717, 1.165) is 0 Å². The number of carbonyl (C=O) groups is 2. The number of hydrogen-bond acceptors (Lipinski definition) is 4. The van der Waals surface area contributed by atoms with Crippen molar-refractivity contribution < 1.29 is 18.7 Å². The van der Waals surface area contributed by atoms with Gasteiger partial charge in [-0.1, -0.05) is 12.1 Å². The number of para-hydroxylation sites is 1. The maximum atomic E-state index is 13.4. The monoisotopic (exact) mass is 309 g/mol. The van der Waals surface area contributed by atoms with E-state index in [9.17, 15) is 14.0 Å². The normalized spacial score (nSPS) is 14.6. The van der Waals surface area contributed by atoms with Crippen LogP contribution in [0.2, 0.25) is 0 Å². The number of halogens is 1. The lowest BCUT2D eigenvalue weighted by molar-refractivity contribution is -0.130. The SMILES string of the molecule is CCOC(=O)N1CCN(C(=O)CNc2ccccc2F)CC1. The van der Waals surface area contributed by atoms with Crippen molar-refractivity contribution in [2.45, 2.75) is 6.92 Å². The Morgan fingerprint density at radius 1 is 1.18 bits per heavy atom. The Bertz CT molecular complexity index is 531. The number of nitrogens with zero attached hydrogens (tertiary/aromatic N) is 2. The van der Waals surface area contributed by atoms with Crippen LogP contribution in [0.25, 0.3) is 0 Å². The predicted octanol–water partition coefficient (Wildman–Crippen LogP) is 1.54. The number of piperazine rings is 1. The summed E-state index contributed by atoms with van der Waals surface area (Å²) < 4.78 is 18.4. The van der Waals surface area contributed by atoms with Crippen molar-refractivity contribution in [2.75, 3.05) is 44.6 Å². The van der Waals surface area contributed by atoms with Crippen LogP contribution in [-0.4, -0.2) is 61.1 Å². The third-order valence-corrected chi connectivity index (χ3v) is 3.46. The largest absolute Gasteiger partial charge is 0.450 e. The molecule has 0 unspecified atom stereocenters. The first kappa shape index (κ1) is 16.1. The van der Waals surface area contributed by atoms with Crippen LogP contribution in [0.1, 0.15) is 6.92 Å². The number of ether oxygens (including phenoxy) is 1.